The standard InChI is InChI=1S/C23H28N2/c1-23(2,3)22(25-14-12-24-13-15-25)21-19-10-6-4-8-17(19)16-18-9-5-7-11-20(18)21/h4-11,16,22,24H,12-15H2,1-3H3/t22-/m0/s1. The summed E-state index contributed by atoms with van der Waals surface area (Å²) in [6.07, 6.45) is 0. The van der Waals surface area contributed by atoms with Gasteiger partial charge in [0.1, 0.15) is 0 Å². The minimum absolute atomic E-state index is 0.171. The summed E-state index contributed by atoms with van der Waals surface area (Å²) in [6, 6.07) is 20.5. The third-order valence-corrected chi connectivity index (χ3v) is 5.42. The molecule has 1 aliphatic heterocycles. The lowest BCUT2D eigenvalue weighted by Gasteiger charge is -2.43. The topological polar surface area (TPSA) is 15.3 Å². The summed E-state index contributed by atoms with van der Waals surface area (Å²) in [5, 5.41) is 9.01. The zero-order chi connectivity index (χ0) is 17.4. The zero-order valence-corrected chi connectivity index (χ0v) is 15.5. The lowest BCUT2D eigenvalue weighted by Crippen LogP contribution is -2.48. The molecule has 3 aromatic carbocycles. The molecule has 0 radical (unpaired) electrons. The van der Waals surface area contributed by atoms with Gasteiger partial charge in [-0.05, 0) is 38.6 Å². The Morgan fingerprint density at radius 1 is 0.840 bits per heavy atom. The van der Waals surface area contributed by atoms with Gasteiger partial charge in [-0.25, -0.2) is 0 Å². The van der Waals surface area contributed by atoms with Crippen LogP contribution in [0, 0.1) is 5.41 Å². The summed E-state index contributed by atoms with van der Waals surface area (Å²) in [6.45, 7) is 11.5. The number of fused-ring (bicyclic) bond motifs is 2. The average molecular weight is 332 g/mol. The number of hydrogen-bond acceptors (Lipinski definition) is 2. The number of hydrogen-bond donors (Lipinski definition) is 1. The van der Waals surface area contributed by atoms with Crippen LogP contribution in [0.4, 0.5) is 0 Å². The molecule has 25 heavy (non-hydrogen) atoms. The molecule has 0 aromatic heterocycles. The summed E-state index contributed by atoms with van der Waals surface area (Å²) in [5.74, 6) is 0. The van der Waals surface area contributed by atoms with Crippen LogP contribution in [0.2, 0.25) is 0 Å². The Kier molecular flexibility index (Phi) is 4.26. The zero-order valence-electron chi connectivity index (χ0n) is 15.5. The third kappa shape index (κ3) is 3.05. The Morgan fingerprint density at radius 2 is 1.36 bits per heavy atom. The van der Waals surface area contributed by atoms with E-state index in [9.17, 15) is 0 Å². The van der Waals surface area contributed by atoms with Crippen LogP contribution in [0.5, 0.6) is 0 Å². The first-order valence-corrected chi connectivity index (χ1v) is 9.41. The van der Waals surface area contributed by atoms with Crippen LogP contribution < -0.4 is 5.32 Å². The molecule has 2 nitrogen and oxygen atoms in total. The third-order valence-electron chi connectivity index (χ3n) is 5.42. The van der Waals surface area contributed by atoms with E-state index in [-0.39, 0.29) is 5.41 Å². The predicted molar refractivity (Wildman–Crippen MR) is 108 cm³/mol. The van der Waals surface area contributed by atoms with Crippen LogP contribution in [-0.4, -0.2) is 31.1 Å². The number of piperazine rings is 1. The van der Waals surface area contributed by atoms with Gasteiger partial charge < -0.3 is 5.32 Å². The maximum absolute atomic E-state index is 3.51. The fourth-order valence-corrected chi connectivity index (χ4v) is 4.45. The van der Waals surface area contributed by atoms with Gasteiger partial charge in [0.15, 0.2) is 0 Å². The first-order valence-electron chi connectivity index (χ1n) is 9.41. The van der Waals surface area contributed by atoms with E-state index >= 15 is 0 Å². The predicted octanol–water partition coefficient (Wildman–Crippen LogP) is 4.99. The number of nitrogens with zero attached hydrogens (tertiary/aromatic N) is 1. The van der Waals surface area contributed by atoms with Crippen LogP contribution in [0.25, 0.3) is 21.5 Å². The maximum Gasteiger partial charge on any atom is 0.0409 e. The van der Waals surface area contributed by atoms with Gasteiger partial charge in [0.25, 0.3) is 0 Å². The fourth-order valence-electron chi connectivity index (χ4n) is 4.45. The van der Waals surface area contributed by atoms with Crippen LogP contribution in [-0.2, 0) is 0 Å². The molecule has 0 aliphatic carbocycles. The summed E-state index contributed by atoms with van der Waals surface area (Å²) >= 11 is 0. The van der Waals surface area contributed by atoms with Crippen molar-refractivity contribution in [1.82, 2.24) is 10.2 Å². The van der Waals surface area contributed by atoms with Gasteiger partial charge in [0.2, 0.25) is 0 Å². The first kappa shape index (κ1) is 16.6. The van der Waals surface area contributed by atoms with E-state index in [4.69, 9.17) is 0 Å². The fraction of sp³-hybridized carbons (Fsp3) is 0.391. The number of nitrogens with one attached hydrogen (secondary N) is 1. The molecule has 4 rings (SSSR count). The number of rotatable bonds is 2. The monoisotopic (exact) mass is 332 g/mol. The smallest absolute Gasteiger partial charge is 0.0409 e. The van der Waals surface area contributed by atoms with Gasteiger partial charge in [-0.1, -0.05) is 69.3 Å². The number of benzene rings is 3. The van der Waals surface area contributed by atoms with Crippen molar-refractivity contribution in [1.29, 1.82) is 0 Å². The molecule has 130 valence electrons. The molecule has 1 heterocycles. The van der Waals surface area contributed by atoms with Crippen molar-refractivity contribution in [3.8, 4) is 0 Å². The minimum Gasteiger partial charge on any atom is -0.314 e. The largest absolute Gasteiger partial charge is 0.314 e. The summed E-state index contributed by atoms with van der Waals surface area (Å²) in [4.78, 5) is 2.69. The van der Waals surface area contributed by atoms with Gasteiger partial charge in [-0.3, -0.25) is 4.90 Å². The van der Waals surface area contributed by atoms with Crippen molar-refractivity contribution in [3.05, 3.63) is 60.2 Å². The summed E-state index contributed by atoms with van der Waals surface area (Å²) in [7, 11) is 0. The van der Waals surface area contributed by atoms with Crippen molar-refractivity contribution < 1.29 is 0 Å². The minimum atomic E-state index is 0.171. The van der Waals surface area contributed by atoms with E-state index in [1.54, 1.807) is 0 Å². The van der Waals surface area contributed by atoms with Gasteiger partial charge in [-0.2, -0.15) is 0 Å². The Labute approximate surface area is 150 Å². The lowest BCUT2D eigenvalue weighted by atomic mass is 9.77. The molecule has 1 fully saturated rings. The Hall–Kier alpha value is -1.90. The van der Waals surface area contributed by atoms with Crippen LogP contribution in [0.1, 0.15) is 32.4 Å². The van der Waals surface area contributed by atoms with E-state index in [1.165, 1.54) is 27.1 Å². The van der Waals surface area contributed by atoms with Crippen LogP contribution in [0.3, 0.4) is 0 Å². The highest BCUT2D eigenvalue weighted by atomic mass is 15.2. The van der Waals surface area contributed by atoms with E-state index in [0.29, 0.717) is 6.04 Å². The van der Waals surface area contributed by atoms with Crippen molar-refractivity contribution in [2.75, 3.05) is 26.2 Å². The van der Waals surface area contributed by atoms with Gasteiger partial charge in [0.05, 0.1) is 0 Å². The van der Waals surface area contributed by atoms with Crippen LogP contribution >= 0.6 is 0 Å². The first-order chi connectivity index (χ1) is 12.1. The second kappa shape index (κ2) is 6.44. The highest BCUT2D eigenvalue weighted by Crippen LogP contribution is 2.44. The summed E-state index contributed by atoms with van der Waals surface area (Å²) < 4.78 is 0. The van der Waals surface area contributed by atoms with E-state index in [2.05, 4.69) is 85.6 Å². The molecule has 3 aromatic rings. The second-order valence-corrected chi connectivity index (χ2v) is 8.29. The molecule has 0 bridgehead atoms. The molecule has 1 aliphatic rings. The normalized spacial score (nSPS) is 17.9. The average Bonchev–Trinajstić information content (AvgIpc) is 2.61. The van der Waals surface area contributed by atoms with Crippen molar-refractivity contribution in [2.45, 2.75) is 26.8 Å². The molecule has 1 atom stereocenters. The Morgan fingerprint density at radius 3 is 1.88 bits per heavy atom. The second-order valence-electron chi connectivity index (χ2n) is 8.29. The molecule has 0 amide bonds. The maximum atomic E-state index is 3.51. The summed E-state index contributed by atoms with van der Waals surface area (Å²) in [5.41, 5.74) is 1.67. The molecular formula is C23H28N2. The SMILES string of the molecule is CC(C)(C)[C@H](c1c2ccccc2cc2ccccc12)N1CCNCC1. The Bertz CT molecular complexity index is 831. The molecule has 0 saturated carbocycles. The van der Waals surface area contributed by atoms with Crippen molar-refractivity contribution in [2.24, 2.45) is 5.41 Å². The van der Waals surface area contributed by atoms with E-state index < -0.39 is 0 Å². The van der Waals surface area contributed by atoms with Gasteiger partial charge in [0, 0.05) is 32.2 Å². The molecule has 1 saturated heterocycles. The van der Waals surface area contributed by atoms with E-state index in [1.807, 2.05) is 0 Å². The molecule has 0 spiro atoms. The van der Waals surface area contributed by atoms with Gasteiger partial charge in [-0.15, -0.1) is 0 Å². The highest BCUT2D eigenvalue weighted by molar-refractivity contribution is 6.02. The van der Waals surface area contributed by atoms with Crippen molar-refractivity contribution in [3.63, 3.8) is 0 Å². The molecule has 0 unspecified atom stereocenters. The van der Waals surface area contributed by atoms with Gasteiger partial charge >= 0.3 is 0 Å². The lowest BCUT2D eigenvalue weighted by molar-refractivity contribution is 0.0882. The molecule has 1 N–H and O–H groups in total. The quantitative estimate of drug-likeness (QED) is 0.665. The van der Waals surface area contributed by atoms with Crippen molar-refractivity contribution >= 4 is 21.5 Å². The Balaban J connectivity index is 2.03. The highest BCUT2D eigenvalue weighted by Gasteiger charge is 2.34. The van der Waals surface area contributed by atoms with Crippen LogP contribution in [0.15, 0.2) is 54.6 Å². The molecular weight excluding hydrogens is 304 g/mol. The van der Waals surface area contributed by atoms with E-state index in [0.717, 1.165) is 26.2 Å². The molecule has 2 heteroatoms.